The lowest BCUT2D eigenvalue weighted by Gasteiger charge is -2.30. The summed E-state index contributed by atoms with van der Waals surface area (Å²) in [5.74, 6) is -2.76. The largest absolute Gasteiger partial charge is 0.450 e. The third-order valence-electron chi connectivity index (χ3n) is 4.72. The van der Waals surface area contributed by atoms with Crippen molar-refractivity contribution < 1.29 is 36.7 Å². The molecule has 156 valence electrons. The molecule has 2 aromatic heterocycles. The minimum absolute atomic E-state index is 0.0774. The third kappa shape index (κ3) is 4.49. The van der Waals surface area contributed by atoms with Crippen LogP contribution in [0.3, 0.4) is 0 Å². The van der Waals surface area contributed by atoms with Gasteiger partial charge in [0.25, 0.3) is 5.91 Å². The van der Waals surface area contributed by atoms with E-state index >= 15 is 0 Å². The number of aromatic nitrogens is 1. The Bertz CT molecular complexity index is 962. The number of nitrogens with zero attached hydrogens (tertiary/aromatic N) is 2. The number of nitrogens with two attached hydrogens (primary N) is 1. The van der Waals surface area contributed by atoms with Crippen molar-refractivity contribution in [2.45, 2.75) is 25.9 Å². The summed E-state index contributed by atoms with van der Waals surface area (Å²) < 4.78 is 49.5. The van der Waals surface area contributed by atoms with E-state index in [4.69, 9.17) is 14.9 Å². The highest BCUT2D eigenvalue weighted by Crippen LogP contribution is 2.36. The van der Waals surface area contributed by atoms with Gasteiger partial charge in [-0.2, -0.15) is 13.2 Å². The zero-order valence-electron chi connectivity index (χ0n) is 15.4. The molecule has 0 bridgehead atoms. The van der Waals surface area contributed by atoms with Gasteiger partial charge in [0.15, 0.2) is 6.61 Å². The SMILES string of the molecule is Cc1cc(C(F)(F)F)c2cc(C(=O)OCC(=O)N3CCC(C(N)=O)CC3)oc2n1. The summed E-state index contributed by atoms with van der Waals surface area (Å²) in [5, 5.41) is -0.366. The number of esters is 1. The second-order valence-electron chi connectivity index (χ2n) is 6.77. The Morgan fingerprint density at radius 1 is 1.28 bits per heavy atom. The highest BCUT2D eigenvalue weighted by atomic mass is 19.4. The number of pyridine rings is 1. The van der Waals surface area contributed by atoms with Crippen molar-refractivity contribution in [3.63, 3.8) is 0 Å². The molecule has 0 radical (unpaired) electrons. The monoisotopic (exact) mass is 413 g/mol. The van der Waals surface area contributed by atoms with Gasteiger partial charge in [-0.25, -0.2) is 9.78 Å². The topological polar surface area (TPSA) is 116 Å². The molecule has 0 atom stereocenters. The molecule has 0 spiro atoms. The van der Waals surface area contributed by atoms with Crippen LogP contribution in [-0.2, 0) is 20.5 Å². The second-order valence-corrected chi connectivity index (χ2v) is 6.77. The van der Waals surface area contributed by atoms with Crippen LogP contribution in [0.4, 0.5) is 13.2 Å². The van der Waals surface area contributed by atoms with Crippen LogP contribution in [0.25, 0.3) is 11.1 Å². The summed E-state index contributed by atoms with van der Waals surface area (Å²) in [6.45, 7) is 1.37. The molecule has 1 aliphatic rings. The molecule has 29 heavy (non-hydrogen) atoms. The molecule has 0 saturated carbocycles. The first kappa shape index (κ1) is 20.6. The van der Waals surface area contributed by atoms with E-state index in [1.165, 1.54) is 11.8 Å². The van der Waals surface area contributed by atoms with Gasteiger partial charge in [-0.3, -0.25) is 9.59 Å². The summed E-state index contributed by atoms with van der Waals surface area (Å²) in [5.41, 5.74) is 3.99. The number of halogens is 3. The number of carbonyl (C=O) groups excluding carboxylic acids is 3. The highest BCUT2D eigenvalue weighted by Gasteiger charge is 2.35. The first-order chi connectivity index (χ1) is 13.6. The van der Waals surface area contributed by atoms with Gasteiger partial charge in [-0.1, -0.05) is 0 Å². The van der Waals surface area contributed by atoms with Gasteiger partial charge in [-0.15, -0.1) is 0 Å². The first-order valence-electron chi connectivity index (χ1n) is 8.79. The molecule has 2 amide bonds. The summed E-state index contributed by atoms with van der Waals surface area (Å²) in [6, 6.07) is 1.75. The van der Waals surface area contributed by atoms with E-state index in [1.807, 2.05) is 0 Å². The number of alkyl halides is 3. The summed E-state index contributed by atoms with van der Waals surface area (Å²) in [4.78, 5) is 40.7. The fourth-order valence-electron chi connectivity index (χ4n) is 3.17. The first-order valence-corrected chi connectivity index (χ1v) is 8.79. The zero-order valence-corrected chi connectivity index (χ0v) is 15.4. The fraction of sp³-hybridized carbons (Fsp3) is 0.444. The number of aryl methyl sites for hydroxylation is 1. The van der Waals surface area contributed by atoms with Crippen molar-refractivity contribution in [2.75, 3.05) is 19.7 Å². The van der Waals surface area contributed by atoms with E-state index in [0.29, 0.717) is 25.9 Å². The van der Waals surface area contributed by atoms with Crippen molar-refractivity contribution >= 4 is 28.9 Å². The van der Waals surface area contributed by atoms with Crippen LogP contribution in [0.15, 0.2) is 16.5 Å². The molecule has 0 unspecified atom stereocenters. The number of carbonyl (C=O) groups is 3. The smallest absolute Gasteiger partial charge is 0.417 e. The average Bonchev–Trinajstić information content (AvgIpc) is 3.08. The lowest BCUT2D eigenvalue weighted by Crippen LogP contribution is -2.43. The molecule has 3 rings (SSSR count). The summed E-state index contributed by atoms with van der Waals surface area (Å²) >= 11 is 0. The molecule has 0 aromatic carbocycles. The normalized spacial score (nSPS) is 15.5. The van der Waals surface area contributed by atoms with Crippen LogP contribution in [-0.4, -0.2) is 47.4 Å². The van der Waals surface area contributed by atoms with Gasteiger partial charge in [0.2, 0.25) is 17.4 Å². The van der Waals surface area contributed by atoms with Gasteiger partial charge in [-0.05, 0) is 25.8 Å². The number of rotatable bonds is 4. The van der Waals surface area contributed by atoms with Gasteiger partial charge >= 0.3 is 12.1 Å². The molecule has 1 saturated heterocycles. The van der Waals surface area contributed by atoms with Crippen LogP contribution in [0.2, 0.25) is 0 Å². The van der Waals surface area contributed by atoms with E-state index in [1.54, 1.807) is 0 Å². The molecule has 2 N–H and O–H groups in total. The van der Waals surface area contributed by atoms with Crippen molar-refractivity contribution in [2.24, 2.45) is 11.7 Å². The molecule has 3 heterocycles. The average molecular weight is 413 g/mol. The predicted octanol–water partition coefficient (Wildman–Crippen LogP) is 2.04. The van der Waals surface area contributed by atoms with Gasteiger partial charge < -0.3 is 19.8 Å². The number of primary amides is 1. The molecular formula is C18H18F3N3O5. The third-order valence-corrected chi connectivity index (χ3v) is 4.72. The number of furan rings is 1. The quantitative estimate of drug-likeness (QED) is 0.767. The number of fused-ring (bicyclic) bond motifs is 1. The van der Waals surface area contributed by atoms with E-state index in [9.17, 15) is 27.6 Å². The fourth-order valence-corrected chi connectivity index (χ4v) is 3.17. The molecule has 1 fully saturated rings. The Morgan fingerprint density at radius 3 is 2.52 bits per heavy atom. The lowest BCUT2D eigenvalue weighted by atomic mass is 9.96. The maximum atomic E-state index is 13.2. The lowest BCUT2D eigenvalue weighted by molar-refractivity contribution is -0.137. The van der Waals surface area contributed by atoms with Crippen LogP contribution < -0.4 is 5.73 Å². The number of piperidine rings is 1. The Labute approximate surface area is 162 Å². The number of hydrogen-bond donors (Lipinski definition) is 1. The Morgan fingerprint density at radius 2 is 1.93 bits per heavy atom. The van der Waals surface area contributed by atoms with E-state index in [-0.39, 0.29) is 22.7 Å². The predicted molar refractivity (Wildman–Crippen MR) is 92.5 cm³/mol. The van der Waals surface area contributed by atoms with Crippen LogP contribution in [0.5, 0.6) is 0 Å². The van der Waals surface area contributed by atoms with E-state index < -0.39 is 41.9 Å². The Balaban J connectivity index is 1.66. The standard InChI is InChI=1S/C18H18F3N3O5/c1-9-6-12(18(19,20)21)11-7-13(29-16(11)23-9)17(27)28-8-14(25)24-4-2-10(3-5-24)15(22)26/h6-7,10H,2-5,8H2,1H3,(H2,22,26). The molecule has 1 aliphatic heterocycles. The zero-order chi connectivity index (χ0) is 21.3. The maximum absolute atomic E-state index is 13.2. The second kappa shape index (κ2) is 7.72. The minimum Gasteiger partial charge on any atom is -0.450 e. The van der Waals surface area contributed by atoms with E-state index in [0.717, 1.165) is 12.1 Å². The number of amides is 2. The molecular weight excluding hydrogens is 395 g/mol. The molecule has 8 nitrogen and oxygen atoms in total. The Hall–Kier alpha value is -3.11. The van der Waals surface area contributed by atoms with Crippen LogP contribution in [0, 0.1) is 12.8 Å². The van der Waals surface area contributed by atoms with Gasteiger partial charge in [0.1, 0.15) is 0 Å². The Kier molecular flexibility index (Phi) is 5.49. The minimum atomic E-state index is -4.65. The van der Waals surface area contributed by atoms with Crippen molar-refractivity contribution in [3.05, 3.63) is 29.2 Å². The van der Waals surface area contributed by atoms with Crippen LogP contribution in [0.1, 0.15) is 34.7 Å². The molecule has 0 aliphatic carbocycles. The van der Waals surface area contributed by atoms with Crippen molar-refractivity contribution in [3.8, 4) is 0 Å². The van der Waals surface area contributed by atoms with Gasteiger partial charge in [0, 0.05) is 30.8 Å². The van der Waals surface area contributed by atoms with Crippen LogP contribution >= 0.6 is 0 Å². The van der Waals surface area contributed by atoms with Crippen molar-refractivity contribution in [1.82, 2.24) is 9.88 Å². The maximum Gasteiger partial charge on any atom is 0.417 e. The van der Waals surface area contributed by atoms with Crippen molar-refractivity contribution in [1.29, 1.82) is 0 Å². The highest BCUT2D eigenvalue weighted by molar-refractivity contribution is 5.94. The number of likely N-dealkylation sites (tertiary alicyclic amines) is 1. The van der Waals surface area contributed by atoms with E-state index in [2.05, 4.69) is 4.98 Å². The summed E-state index contributed by atoms with van der Waals surface area (Å²) in [6.07, 6.45) is -3.81. The summed E-state index contributed by atoms with van der Waals surface area (Å²) in [7, 11) is 0. The van der Waals surface area contributed by atoms with Gasteiger partial charge in [0.05, 0.1) is 10.9 Å². The number of hydrogen-bond acceptors (Lipinski definition) is 6. The molecule has 2 aromatic rings. The molecule has 11 heteroatoms. The number of ether oxygens (including phenoxy) is 1.